The molecule has 6 heteroatoms. The van der Waals surface area contributed by atoms with Crippen molar-refractivity contribution < 1.29 is 4.79 Å². The molecule has 1 aromatic heterocycles. The minimum atomic E-state index is 0.0877. The van der Waals surface area contributed by atoms with Gasteiger partial charge in [-0.3, -0.25) is 4.79 Å². The van der Waals surface area contributed by atoms with E-state index in [-0.39, 0.29) is 5.91 Å². The average Bonchev–Trinajstić information content (AvgIpc) is 2.55. The van der Waals surface area contributed by atoms with Crippen LogP contribution in [-0.4, -0.2) is 42.0 Å². The molecule has 0 aliphatic carbocycles. The number of pyridine rings is 1. The van der Waals surface area contributed by atoms with E-state index in [1.165, 1.54) is 0 Å². The summed E-state index contributed by atoms with van der Waals surface area (Å²) in [7, 11) is 0. The predicted octanol–water partition coefficient (Wildman–Crippen LogP) is 3.57. The lowest BCUT2D eigenvalue weighted by Crippen LogP contribution is -2.49. The molecule has 2 heterocycles. The number of hydrogen-bond acceptors (Lipinski definition) is 3. The number of hydrogen-bond donors (Lipinski definition) is 0. The van der Waals surface area contributed by atoms with E-state index in [0.717, 1.165) is 33.4 Å². The van der Waals surface area contributed by atoms with Gasteiger partial charge in [-0.1, -0.05) is 22.0 Å². The molecule has 2 aromatic rings. The van der Waals surface area contributed by atoms with Crippen molar-refractivity contribution in [2.75, 3.05) is 31.1 Å². The molecule has 0 N–H and O–H groups in total. The molecule has 114 valence electrons. The summed E-state index contributed by atoms with van der Waals surface area (Å²) in [6.07, 6.45) is 1.80. The molecular formula is C16H15Br2N3O. The van der Waals surface area contributed by atoms with Crippen LogP contribution in [0.3, 0.4) is 0 Å². The fourth-order valence-corrected chi connectivity index (χ4v) is 3.13. The molecule has 1 aliphatic heterocycles. The van der Waals surface area contributed by atoms with Crippen molar-refractivity contribution in [3.63, 3.8) is 0 Å². The fourth-order valence-electron chi connectivity index (χ4n) is 2.50. The van der Waals surface area contributed by atoms with Crippen LogP contribution in [0.25, 0.3) is 0 Å². The Morgan fingerprint density at radius 3 is 2.41 bits per heavy atom. The van der Waals surface area contributed by atoms with Crippen LogP contribution in [0, 0.1) is 0 Å². The van der Waals surface area contributed by atoms with E-state index >= 15 is 0 Å². The maximum atomic E-state index is 12.5. The van der Waals surface area contributed by atoms with Gasteiger partial charge in [0, 0.05) is 46.9 Å². The van der Waals surface area contributed by atoms with Gasteiger partial charge in [-0.2, -0.15) is 0 Å². The van der Waals surface area contributed by atoms with Crippen molar-refractivity contribution in [1.82, 2.24) is 9.88 Å². The molecule has 1 aliphatic rings. The van der Waals surface area contributed by atoms with Crippen molar-refractivity contribution in [3.05, 3.63) is 57.1 Å². The fraction of sp³-hybridized carbons (Fsp3) is 0.250. The molecule has 3 rings (SSSR count). The molecule has 1 saturated heterocycles. The number of nitrogens with zero attached hydrogens (tertiary/aromatic N) is 3. The van der Waals surface area contributed by atoms with Crippen LogP contribution in [-0.2, 0) is 0 Å². The smallest absolute Gasteiger partial charge is 0.254 e. The second kappa shape index (κ2) is 6.79. The minimum Gasteiger partial charge on any atom is -0.353 e. The summed E-state index contributed by atoms with van der Waals surface area (Å²) in [6.45, 7) is 3.02. The normalized spacial score (nSPS) is 15.0. The van der Waals surface area contributed by atoms with Gasteiger partial charge >= 0.3 is 0 Å². The first-order valence-electron chi connectivity index (χ1n) is 7.05. The number of amides is 1. The standard InChI is InChI=1S/C16H15Br2N3O/c17-13-3-1-2-12(10-13)16(22)21-8-6-20(7-9-21)15-5-4-14(18)11-19-15/h1-5,10-11H,6-9H2. The van der Waals surface area contributed by atoms with Crippen LogP contribution in [0.2, 0.25) is 0 Å². The summed E-state index contributed by atoms with van der Waals surface area (Å²) in [5.41, 5.74) is 0.726. The Morgan fingerprint density at radius 1 is 1.00 bits per heavy atom. The largest absolute Gasteiger partial charge is 0.353 e. The zero-order valence-electron chi connectivity index (χ0n) is 11.9. The van der Waals surface area contributed by atoms with Gasteiger partial charge in [0.15, 0.2) is 0 Å². The van der Waals surface area contributed by atoms with Crippen molar-refractivity contribution in [2.24, 2.45) is 0 Å². The van der Waals surface area contributed by atoms with E-state index in [1.807, 2.05) is 41.3 Å². The van der Waals surface area contributed by atoms with Crippen LogP contribution < -0.4 is 4.90 Å². The number of anilines is 1. The predicted molar refractivity (Wildman–Crippen MR) is 94.2 cm³/mol. The summed E-state index contributed by atoms with van der Waals surface area (Å²) in [4.78, 5) is 21.0. The van der Waals surface area contributed by atoms with E-state index in [1.54, 1.807) is 6.20 Å². The molecule has 0 spiro atoms. The van der Waals surface area contributed by atoms with E-state index in [9.17, 15) is 4.79 Å². The third-order valence-electron chi connectivity index (χ3n) is 3.67. The average molecular weight is 425 g/mol. The van der Waals surface area contributed by atoms with Gasteiger partial charge in [-0.25, -0.2) is 4.98 Å². The lowest BCUT2D eigenvalue weighted by atomic mass is 10.2. The quantitative estimate of drug-likeness (QED) is 0.739. The molecular weight excluding hydrogens is 410 g/mol. The molecule has 1 aromatic carbocycles. The number of carbonyl (C=O) groups excluding carboxylic acids is 1. The number of carbonyl (C=O) groups is 1. The maximum absolute atomic E-state index is 12.5. The van der Waals surface area contributed by atoms with Gasteiger partial charge in [-0.15, -0.1) is 0 Å². The van der Waals surface area contributed by atoms with Crippen LogP contribution in [0.15, 0.2) is 51.5 Å². The highest BCUT2D eigenvalue weighted by Gasteiger charge is 2.22. The highest BCUT2D eigenvalue weighted by atomic mass is 79.9. The molecule has 1 fully saturated rings. The van der Waals surface area contributed by atoms with Gasteiger partial charge in [0.05, 0.1) is 0 Å². The number of halogens is 2. The molecule has 0 bridgehead atoms. The van der Waals surface area contributed by atoms with Crippen molar-refractivity contribution in [2.45, 2.75) is 0 Å². The molecule has 4 nitrogen and oxygen atoms in total. The van der Waals surface area contributed by atoms with Gasteiger partial charge in [0.25, 0.3) is 5.91 Å². The summed E-state index contributed by atoms with van der Waals surface area (Å²) < 4.78 is 1.90. The summed E-state index contributed by atoms with van der Waals surface area (Å²) in [5, 5.41) is 0. The minimum absolute atomic E-state index is 0.0877. The molecule has 0 saturated carbocycles. The molecule has 1 amide bonds. The second-order valence-electron chi connectivity index (χ2n) is 5.12. The third kappa shape index (κ3) is 3.50. The van der Waals surface area contributed by atoms with Crippen LogP contribution in [0.1, 0.15) is 10.4 Å². The van der Waals surface area contributed by atoms with Gasteiger partial charge in [0.1, 0.15) is 5.82 Å². The topological polar surface area (TPSA) is 36.4 Å². The van der Waals surface area contributed by atoms with Crippen LogP contribution in [0.5, 0.6) is 0 Å². The Bertz CT molecular complexity index is 667. The SMILES string of the molecule is O=C(c1cccc(Br)c1)N1CCN(c2ccc(Br)cn2)CC1. The van der Waals surface area contributed by atoms with Crippen LogP contribution in [0.4, 0.5) is 5.82 Å². The zero-order valence-corrected chi connectivity index (χ0v) is 15.0. The third-order valence-corrected chi connectivity index (χ3v) is 4.64. The van der Waals surface area contributed by atoms with E-state index < -0.39 is 0 Å². The Kier molecular flexibility index (Phi) is 4.78. The molecule has 0 unspecified atom stereocenters. The Hall–Kier alpha value is -1.40. The first kappa shape index (κ1) is 15.5. The second-order valence-corrected chi connectivity index (χ2v) is 6.96. The van der Waals surface area contributed by atoms with Crippen molar-refractivity contribution in [3.8, 4) is 0 Å². The summed E-state index contributed by atoms with van der Waals surface area (Å²) >= 11 is 6.80. The molecule has 22 heavy (non-hydrogen) atoms. The number of benzene rings is 1. The summed E-state index contributed by atoms with van der Waals surface area (Å²) in [5.74, 6) is 1.04. The summed E-state index contributed by atoms with van der Waals surface area (Å²) in [6, 6.07) is 11.5. The van der Waals surface area contributed by atoms with Gasteiger partial charge < -0.3 is 9.80 Å². The molecule has 0 atom stereocenters. The van der Waals surface area contributed by atoms with E-state index in [2.05, 4.69) is 41.7 Å². The highest BCUT2D eigenvalue weighted by molar-refractivity contribution is 9.10. The number of rotatable bonds is 2. The maximum Gasteiger partial charge on any atom is 0.254 e. The monoisotopic (exact) mass is 423 g/mol. The first-order valence-corrected chi connectivity index (χ1v) is 8.63. The zero-order chi connectivity index (χ0) is 15.5. The highest BCUT2D eigenvalue weighted by Crippen LogP contribution is 2.18. The van der Waals surface area contributed by atoms with E-state index in [0.29, 0.717) is 13.1 Å². The Balaban J connectivity index is 1.64. The Labute approximate surface area is 146 Å². The van der Waals surface area contributed by atoms with E-state index in [4.69, 9.17) is 0 Å². The first-order chi connectivity index (χ1) is 10.6. The van der Waals surface area contributed by atoms with Gasteiger partial charge in [-0.05, 0) is 46.3 Å². The van der Waals surface area contributed by atoms with Crippen molar-refractivity contribution >= 4 is 43.6 Å². The molecule has 0 radical (unpaired) electrons. The lowest BCUT2D eigenvalue weighted by Gasteiger charge is -2.35. The Morgan fingerprint density at radius 2 is 1.77 bits per heavy atom. The number of aromatic nitrogens is 1. The van der Waals surface area contributed by atoms with Crippen LogP contribution >= 0.6 is 31.9 Å². The van der Waals surface area contributed by atoms with Crippen molar-refractivity contribution in [1.29, 1.82) is 0 Å². The number of piperazine rings is 1. The lowest BCUT2D eigenvalue weighted by molar-refractivity contribution is 0.0746. The van der Waals surface area contributed by atoms with Gasteiger partial charge in [0.2, 0.25) is 0 Å².